The van der Waals surface area contributed by atoms with Crippen molar-refractivity contribution in [3.63, 3.8) is 0 Å². The molecule has 1 aromatic heterocycles. The molecule has 20 heavy (non-hydrogen) atoms. The molecule has 0 aliphatic rings. The maximum absolute atomic E-state index is 11.9. The molecule has 7 nitrogen and oxygen atoms in total. The molecule has 8 heteroatoms. The molecular weight excluding hydrogens is 330 g/mol. The third kappa shape index (κ3) is 5.58. The summed E-state index contributed by atoms with van der Waals surface area (Å²) in [6, 6.07) is 0. The zero-order chi connectivity index (χ0) is 14.8. The van der Waals surface area contributed by atoms with Crippen molar-refractivity contribution in [2.45, 2.75) is 13.0 Å². The largest absolute Gasteiger partial charge is 0.394 e. The van der Waals surface area contributed by atoms with E-state index in [1.165, 1.54) is 4.68 Å². The summed E-state index contributed by atoms with van der Waals surface area (Å²) in [6.07, 6.45) is 2.38. The SMILES string of the molecule is COCCOCCCNc1cnn(CCO)c(=O)c1Br. The summed E-state index contributed by atoms with van der Waals surface area (Å²) in [4.78, 5) is 11.9. The van der Waals surface area contributed by atoms with Crippen LogP contribution in [-0.2, 0) is 16.0 Å². The molecule has 1 aromatic rings. The summed E-state index contributed by atoms with van der Waals surface area (Å²) in [6.45, 7) is 2.54. The molecule has 0 saturated carbocycles. The minimum Gasteiger partial charge on any atom is -0.394 e. The fraction of sp³-hybridized carbons (Fsp3) is 0.667. The van der Waals surface area contributed by atoms with E-state index >= 15 is 0 Å². The van der Waals surface area contributed by atoms with Crippen LogP contribution in [0.2, 0.25) is 0 Å². The standard InChI is InChI=1S/C12H20BrN3O4/c1-19-7-8-20-6-2-3-14-10-9-15-16(4-5-17)12(18)11(10)13/h9,14,17H,2-8H2,1H3. The quantitative estimate of drug-likeness (QED) is 0.597. The van der Waals surface area contributed by atoms with Crippen molar-refractivity contribution in [2.75, 3.05) is 45.4 Å². The highest BCUT2D eigenvalue weighted by molar-refractivity contribution is 9.10. The van der Waals surface area contributed by atoms with Gasteiger partial charge in [-0.1, -0.05) is 0 Å². The van der Waals surface area contributed by atoms with Crippen LogP contribution in [0.25, 0.3) is 0 Å². The number of aromatic nitrogens is 2. The Morgan fingerprint density at radius 3 is 2.95 bits per heavy atom. The summed E-state index contributed by atoms with van der Waals surface area (Å²) in [5.41, 5.74) is 0.376. The molecule has 0 aliphatic heterocycles. The molecule has 0 radical (unpaired) electrons. The van der Waals surface area contributed by atoms with E-state index in [2.05, 4.69) is 26.3 Å². The zero-order valence-corrected chi connectivity index (χ0v) is 13.1. The van der Waals surface area contributed by atoms with Gasteiger partial charge in [-0.25, -0.2) is 4.68 Å². The number of aliphatic hydroxyl groups excluding tert-OH is 1. The van der Waals surface area contributed by atoms with Crippen LogP contribution >= 0.6 is 15.9 Å². The fourth-order valence-electron chi connectivity index (χ4n) is 1.48. The molecule has 0 aliphatic carbocycles. The number of hydrogen-bond donors (Lipinski definition) is 2. The Hall–Kier alpha value is -0.960. The minimum atomic E-state index is -0.264. The van der Waals surface area contributed by atoms with Crippen molar-refractivity contribution in [3.8, 4) is 0 Å². The van der Waals surface area contributed by atoms with Gasteiger partial charge in [0.1, 0.15) is 4.47 Å². The van der Waals surface area contributed by atoms with Crippen LogP contribution in [-0.4, -0.2) is 55.0 Å². The first kappa shape index (κ1) is 17.1. The molecule has 2 N–H and O–H groups in total. The average Bonchev–Trinajstić information content (AvgIpc) is 2.45. The van der Waals surface area contributed by atoms with Gasteiger partial charge >= 0.3 is 0 Å². The number of rotatable bonds is 10. The molecule has 0 aromatic carbocycles. The Morgan fingerprint density at radius 2 is 2.25 bits per heavy atom. The third-order valence-electron chi connectivity index (χ3n) is 2.51. The van der Waals surface area contributed by atoms with Crippen LogP contribution < -0.4 is 10.9 Å². The van der Waals surface area contributed by atoms with Gasteiger partial charge in [-0.3, -0.25) is 4.79 Å². The molecule has 0 unspecified atom stereocenters. The van der Waals surface area contributed by atoms with Gasteiger partial charge in [-0.2, -0.15) is 5.10 Å². The van der Waals surface area contributed by atoms with E-state index in [1.807, 2.05) is 0 Å². The van der Waals surface area contributed by atoms with E-state index in [0.717, 1.165) is 6.42 Å². The normalized spacial score (nSPS) is 10.8. The fourth-order valence-corrected chi connectivity index (χ4v) is 1.93. The van der Waals surface area contributed by atoms with Crippen LogP contribution in [0, 0.1) is 0 Å². The van der Waals surface area contributed by atoms with Crippen LogP contribution in [0.3, 0.4) is 0 Å². The van der Waals surface area contributed by atoms with Crippen molar-refractivity contribution in [2.24, 2.45) is 0 Å². The molecule has 0 amide bonds. The van der Waals surface area contributed by atoms with Gasteiger partial charge in [-0.05, 0) is 22.4 Å². The van der Waals surface area contributed by atoms with Crippen LogP contribution in [0.4, 0.5) is 5.69 Å². The molecule has 1 heterocycles. The maximum Gasteiger partial charge on any atom is 0.283 e. The number of nitrogens with zero attached hydrogens (tertiary/aromatic N) is 2. The molecule has 114 valence electrons. The Morgan fingerprint density at radius 1 is 1.45 bits per heavy atom. The molecule has 0 spiro atoms. The van der Waals surface area contributed by atoms with E-state index in [9.17, 15) is 4.79 Å². The first-order chi connectivity index (χ1) is 9.70. The van der Waals surface area contributed by atoms with Gasteiger partial charge in [0.15, 0.2) is 0 Å². The number of nitrogens with one attached hydrogen (secondary N) is 1. The zero-order valence-electron chi connectivity index (χ0n) is 11.5. The first-order valence-corrected chi connectivity index (χ1v) is 7.17. The number of aliphatic hydroxyl groups is 1. The van der Waals surface area contributed by atoms with Crippen LogP contribution in [0.5, 0.6) is 0 Å². The molecular formula is C12H20BrN3O4. The highest BCUT2D eigenvalue weighted by atomic mass is 79.9. The van der Waals surface area contributed by atoms with E-state index in [4.69, 9.17) is 14.6 Å². The summed E-state index contributed by atoms with van der Waals surface area (Å²) in [5.74, 6) is 0. The number of hydrogen-bond acceptors (Lipinski definition) is 6. The second-order valence-corrected chi connectivity index (χ2v) is 4.80. The van der Waals surface area contributed by atoms with Crippen LogP contribution in [0.1, 0.15) is 6.42 Å². The summed E-state index contributed by atoms with van der Waals surface area (Å²) < 4.78 is 11.8. The van der Waals surface area contributed by atoms with Crippen LogP contribution in [0.15, 0.2) is 15.5 Å². The number of ether oxygens (including phenoxy) is 2. The van der Waals surface area contributed by atoms with Gasteiger partial charge in [0.05, 0.1) is 38.2 Å². The lowest BCUT2D eigenvalue weighted by Gasteiger charge is -2.10. The Balaban J connectivity index is 2.37. The lowest BCUT2D eigenvalue weighted by atomic mass is 10.4. The lowest BCUT2D eigenvalue weighted by Crippen LogP contribution is -2.26. The Kier molecular flexibility index (Phi) is 8.43. The first-order valence-electron chi connectivity index (χ1n) is 6.37. The second kappa shape index (κ2) is 9.87. The van der Waals surface area contributed by atoms with Crippen molar-refractivity contribution in [1.29, 1.82) is 0 Å². The van der Waals surface area contributed by atoms with E-state index in [0.29, 0.717) is 36.5 Å². The highest BCUT2D eigenvalue weighted by Crippen LogP contribution is 2.15. The lowest BCUT2D eigenvalue weighted by molar-refractivity contribution is 0.0705. The number of methoxy groups -OCH3 is 1. The number of anilines is 1. The van der Waals surface area contributed by atoms with Gasteiger partial charge < -0.3 is 19.9 Å². The van der Waals surface area contributed by atoms with Crippen molar-refractivity contribution in [3.05, 3.63) is 21.0 Å². The Labute approximate surface area is 126 Å². The minimum absolute atomic E-state index is 0.120. The average molecular weight is 350 g/mol. The van der Waals surface area contributed by atoms with E-state index in [1.54, 1.807) is 13.3 Å². The summed E-state index contributed by atoms with van der Waals surface area (Å²) in [5, 5.41) is 15.9. The van der Waals surface area contributed by atoms with Gasteiger partial charge in [0, 0.05) is 20.3 Å². The smallest absolute Gasteiger partial charge is 0.283 e. The van der Waals surface area contributed by atoms with Crippen molar-refractivity contribution < 1.29 is 14.6 Å². The van der Waals surface area contributed by atoms with Gasteiger partial charge in [0.2, 0.25) is 0 Å². The molecule has 1 rings (SSSR count). The summed E-state index contributed by atoms with van der Waals surface area (Å²) in [7, 11) is 1.63. The molecule has 0 saturated heterocycles. The topological polar surface area (TPSA) is 85.6 Å². The predicted molar refractivity (Wildman–Crippen MR) is 79.1 cm³/mol. The van der Waals surface area contributed by atoms with Gasteiger partial charge in [0.25, 0.3) is 5.56 Å². The number of halogens is 1. The summed E-state index contributed by atoms with van der Waals surface area (Å²) >= 11 is 3.24. The highest BCUT2D eigenvalue weighted by Gasteiger charge is 2.07. The molecule has 0 atom stereocenters. The molecule has 0 bridgehead atoms. The monoisotopic (exact) mass is 349 g/mol. The van der Waals surface area contributed by atoms with E-state index in [-0.39, 0.29) is 18.7 Å². The second-order valence-electron chi connectivity index (χ2n) is 4.01. The Bertz CT molecular complexity index is 453. The van der Waals surface area contributed by atoms with Gasteiger partial charge in [-0.15, -0.1) is 0 Å². The van der Waals surface area contributed by atoms with Crippen molar-refractivity contribution >= 4 is 21.6 Å². The van der Waals surface area contributed by atoms with E-state index < -0.39 is 0 Å². The van der Waals surface area contributed by atoms with Crippen molar-refractivity contribution in [1.82, 2.24) is 9.78 Å². The predicted octanol–water partition coefficient (Wildman–Crippen LogP) is 0.463. The maximum atomic E-state index is 11.9. The molecule has 0 fully saturated rings. The third-order valence-corrected chi connectivity index (χ3v) is 3.28.